The van der Waals surface area contributed by atoms with Crippen molar-refractivity contribution >= 4 is 23.9 Å². The molecule has 0 saturated carbocycles. The summed E-state index contributed by atoms with van der Waals surface area (Å²) in [5.41, 5.74) is 12.4. The van der Waals surface area contributed by atoms with Crippen molar-refractivity contribution < 1.29 is 76.4 Å². The van der Waals surface area contributed by atoms with E-state index in [0.717, 1.165) is 39.7 Å². The molecular weight excluding hydrogens is 792 g/mol. The summed E-state index contributed by atoms with van der Waals surface area (Å²) >= 11 is 0. The Hall–Kier alpha value is -5.93. The van der Waals surface area contributed by atoms with Crippen LogP contribution in [0.2, 0.25) is 0 Å². The van der Waals surface area contributed by atoms with Gasteiger partial charge in [-0.1, -0.05) is 224 Å². The summed E-state index contributed by atoms with van der Waals surface area (Å²) in [6.07, 6.45) is 4.35. The number of hydrogen-bond acceptors (Lipinski definition) is 5. The molecule has 0 amide bonds. The molecule has 5 nitrogen and oxygen atoms in total. The molecule has 0 bridgehead atoms. The van der Waals surface area contributed by atoms with Crippen LogP contribution in [0.5, 0.6) is 0 Å². The van der Waals surface area contributed by atoms with E-state index in [1.165, 1.54) is 22.3 Å². The smallest absolute Gasteiger partial charge is 0.870 e. The first kappa shape index (κ1) is 50.4. The fourth-order valence-electron chi connectivity index (χ4n) is 6.06. The van der Waals surface area contributed by atoms with E-state index in [1.54, 1.807) is 19.9 Å². The summed E-state index contributed by atoms with van der Waals surface area (Å²) < 4.78 is 0. The van der Waals surface area contributed by atoms with Crippen LogP contribution in [0.4, 0.5) is 0 Å². The molecule has 8 rings (SSSR count). The Labute approximate surface area is 408 Å². The topological polar surface area (TPSA) is 101 Å². The second-order valence-electron chi connectivity index (χ2n) is 13.6. The maximum atomic E-state index is 12.5. The van der Waals surface area contributed by atoms with Crippen LogP contribution in [-0.2, 0) is 0 Å². The third-order valence-corrected chi connectivity index (χ3v) is 9.27. The summed E-state index contributed by atoms with van der Waals surface area (Å²) in [5.74, 6) is 0.112. The number of rotatable bonds is 9. The number of ketones is 2. The van der Waals surface area contributed by atoms with Crippen molar-refractivity contribution in [1.82, 2.24) is 0 Å². The summed E-state index contributed by atoms with van der Waals surface area (Å²) in [4.78, 5) is 34.0. The van der Waals surface area contributed by atoms with E-state index in [-0.39, 0.29) is 75.0 Å². The molecule has 8 aromatic rings. The van der Waals surface area contributed by atoms with Gasteiger partial charge in [0.15, 0.2) is 11.6 Å². The number of aliphatic hydroxyl groups excluding tert-OH is 1. The van der Waals surface area contributed by atoms with E-state index in [4.69, 9.17) is 5.11 Å². The molecule has 0 fully saturated rings. The molecule has 0 saturated heterocycles. The number of benzene rings is 8. The number of aliphatic hydroxyl groups is 1. The van der Waals surface area contributed by atoms with Gasteiger partial charge in [-0.3, -0.25) is 14.4 Å². The van der Waals surface area contributed by atoms with Crippen LogP contribution in [-0.4, -0.2) is 35.0 Å². The van der Waals surface area contributed by atoms with E-state index < -0.39 is 0 Å². The van der Waals surface area contributed by atoms with Crippen LogP contribution in [0, 0.1) is 0 Å². The minimum atomic E-state index is 0. The summed E-state index contributed by atoms with van der Waals surface area (Å²) in [7, 11) is 0. The van der Waals surface area contributed by atoms with Crippen molar-refractivity contribution in [3.8, 4) is 44.5 Å². The van der Waals surface area contributed by atoms with Crippen LogP contribution < -0.4 is 51.4 Å². The fourth-order valence-corrected chi connectivity index (χ4v) is 6.06. The first-order valence-corrected chi connectivity index (χ1v) is 19.8. The summed E-state index contributed by atoms with van der Waals surface area (Å²) in [6, 6.07) is 71.9. The molecule has 0 spiro atoms. The predicted octanol–water partition coefficient (Wildman–Crippen LogP) is 10.5. The number of aldehydes is 1. The van der Waals surface area contributed by atoms with Crippen LogP contribution in [0.15, 0.2) is 224 Å². The first-order chi connectivity index (χ1) is 29.4. The average molecular weight is 841 g/mol. The van der Waals surface area contributed by atoms with Crippen molar-refractivity contribution in [3.05, 3.63) is 247 Å². The molecule has 304 valence electrons. The van der Waals surface area contributed by atoms with E-state index in [0.29, 0.717) is 11.1 Å². The van der Waals surface area contributed by atoms with Gasteiger partial charge in [0.25, 0.3) is 0 Å². The number of allylic oxidation sites excluding steroid dienone is 1. The second-order valence-corrected chi connectivity index (χ2v) is 13.6. The number of Topliss-reactive ketones (excluding diaryl/α,β-unsaturated/α-hetero) is 1. The molecule has 0 aliphatic carbocycles. The zero-order valence-electron chi connectivity index (χ0n) is 35.3. The van der Waals surface area contributed by atoms with Crippen LogP contribution in [0.3, 0.4) is 0 Å². The summed E-state index contributed by atoms with van der Waals surface area (Å²) in [6.45, 7) is 3.51. The Kier molecular flexibility index (Phi) is 22.6. The largest absolute Gasteiger partial charge is 1.00 e. The molecule has 0 aromatic heterocycles. The molecule has 8 aromatic carbocycles. The maximum absolute atomic E-state index is 12.5. The molecule has 0 heterocycles. The van der Waals surface area contributed by atoms with E-state index in [9.17, 15) is 14.4 Å². The van der Waals surface area contributed by atoms with Crippen LogP contribution in [0.25, 0.3) is 50.6 Å². The SMILES string of the molecule is CC(=O)c1ccc(-c2ccccc2)cc1.CCO.O=C(/C=C/c1ccc(-c2ccccc2)cc1)c1ccc(-c2ccccc2)cc1.O=Cc1ccc(-c2ccccc2)cc1.[K+].[OH-]. The molecule has 6 heteroatoms. The standard InChI is InChI=1S/C27H20O.C14H12O.C13H10O.C2H6O.K.H2O/c28-27(26-18-16-25(17-19-26)23-9-5-2-6-10-23)20-13-21-11-14-24(15-12-21)22-7-3-1-4-8-22;1-11(15)12-7-9-14(10-8-12)13-5-3-2-4-6-13;14-10-11-6-8-13(9-7-11)12-4-2-1-3-5-12;1-2-3;;/h1-20H;2-10H,1H3;1-10H;3H,2H2,1H3;;1H2/q;;;;+1;/p-1/b20-13+;;;;;. The first-order valence-electron chi connectivity index (χ1n) is 19.8. The van der Waals surface area contributed by atoms with Crippen LogP contribution >= 0.6 is 0 Å². The Morgan fingerprint density at radius 1 is 0.419 bits per heavy atom. The molecule has 0 radical (unpaired) electrons. The van der Waals surface area contributed by atoms with Gasteiger partial charge in [0.1, 0.15) is 6.29 Å². The van der Waals surface area contributed by atoms with Crippen molar-refractivity contribution in [2.75, 3.05) is 6.61 Å². The summed E-state index contributed by atoms with van der Waals surface area (Å²) in [5, 5.41) is 7.57. The molecule has 2 N–H and O–H groups in total. The normalized spacial score (nSPS) is 9.79. The van der Waals surface area contributed by atoms with Crippen molar-refractivity contribution in [2.45, 2.75) is 13.8 Å². The zero-order chi connectivity index (χ0) is 42.4. The maximum Gasteiger partial charge on any atom is 1.00 e. The van der Waals surface area contributed by atoms with Crippen molar-refractivity contribution in [3.63, 3.8) is 0 Å². The minimum Gasteiger partial charge on any atom is -0.870 e. The van der Waals surface area contributed by atoms with Gasteiger partial charge in [-0.15, -0.1) is 0 Å². The Bertz CT molecular complexity index is 2520. The number of carbonyl (C=O) groups is 3. The molecule has 62 heavy (non-hydrogen) atoms. The molecular formula is C56H49KO5. The Balaban J connectivity index is 0.000000256. The van der Waals surface area contributed by atoms with E-state index in [2.05, 4.69) is 60.7 Å². The third kappa shape index (κ3) is 16.2. The monoisotopic (exact) mass is 840 g/mol. The average Bonchev–Trinajstić information content (AvgIpc) is 3.33. The number of hydrogen-bond donors (Lipinski definition) is 1. The Morgan fingerprint density at radius 3 is 0.968 bits per heavy atom. The number of carbonyl (C=O) groups excluding carboxylic acids is 3. The molecule has 0 atom stereocenters. The van der Waals surface area contributed by atoms with Crippen LogP contribution in [0.1, 0.15) is 50.5 Å². The quantitative estimate of drug-likeness (QED) is 0.0675. The van der Waals surface area contributed by atoms with Crippen molar-refractivity contribution in [2.24, 2.45) is 0 Å². The van der Waals surface area contributed by atoms with Gasteiger partial charge in [-0.2, -0.15) is 0 Å². The van der Waals surface area contributed by atoms with Gasteiger partial charge in [0, 0.05) is 23.3 Å². The van der Waals surface area contributed by atoms with Gasteiger partial charge in [0.05, 0.1) is 0 Å². The molecule has 0 unspecified atom stereocenters. The van der Waals surface area contributed by atoms with Gasteiger partial charge in [0.2, 0.25) is 0 Å². The van der Waals surface area contributed by atoms with Crippen molar-refractivity contribution in [1.29, 1.82) is 0 Å². The zero-order valence-corrected chi connectivity index (χ0v) is 38.5. The predicted molar refractivity (Wildman–Crippen MR) is 251 cm³/mol. The van der Waals surface area contributed by atoms with E-state index in [1.807, 2.05) is 164 Å². The molecule has 0 aliphatic heterocycles. The second kappa shape index (κ2) is 27.8. The van der Waals surface area contributed by atoms with Gasteiger partial charge in [-0.25, -0.2) is 0 Å². The van der Waals surface area contributed by atoms with Gasteiger partial charge in [-0.05, 0) is 70.0 Å². The van der Waals surface area contributed by atoms with Gasteiger partial charge >= 0.3 is 51.4 Å². The third-order valence-electron chi connectivity index (χ3n) is 9.27. The Morgan fingerprint density at radius 2 is 0.677 bits per heavy atom. The van der Waals surface area contributed by atoms with Gasteiger partial charge < -0.3 is 10.6 Å². The van der Waals surface area contributed by atoms with E-state index >= 15 is 0 Å². The minimum absolute atomic E-state index is 0. The molecule has 0 aliphatic rings. The fraction of sp³-hybridized carbons (Fsp3) is 0.0536.